The first kappa shape index (κ1) is 22.5. The second-order valence-electron chi connectivity index (χ2n) is 6.99. The van der Waals surface area contributed by atoms with Crippen LogP contribution in [0.2, 0.25) is 5.02 Å². The first-order valence-electron chi connectivity index (χ1n) is 9.86. The number of piperazine rings is 1. The summed E-state index contributed by atoms with van der Waals surface area (Å²) in [5, 5.41) is 3.52. The van der Waals surface area contributed by atoms with E-state index in [1.54, 1.807) is 24.5 Å². The molecule has 0 unspecified atom stereocenters. The third-order valence-corrected chi connectivity index (χ3v) is 6.14. The number of amides is 2. The van der Waals surface area contributed by atoms with Crippen LogP contribution in [0.1, 0.15) is 4.88 Å². The highest BCUT2D eigenvalue weighted by Gasteiger charge is 2.21. The number of halogens is 1. The Balaban J connectivity index is 1.46. The lowest BCUT2D eigenvalue weighted by molar-refractivity contribution is -0.128. The van der Waals surface area contributed by atoms with E-state index in [0.717, 1.165) is 15.3 Å². The molecule has 30 heavy (non-hydrogen) atoms. The Bertz CT molecular complexity index is 891. The molecule has 1 aliphatic heterocycles. The monoisotopic (exact) mass is 447 g/mol. The summed E-state index contributed by atoms with van der Waals surface area (Å²) in [7, 11) is 1.60. The van der Waals surface area contributed by atoms with Gasteiger partial charge in [0.05, 0.1) is 13.2 Å². The molecule has 1 fully saturated rings. The molecule has 1 aromatic heterocycles. The van der Waals surface area contributed by atoms with Crippen LogP contribution in [0.15, 0.2) is 42.5 Å². The van der Waals surface area contributed by atoms with Crippen molar-refractivity contribution >= 4 is 40.8 Å². The molecule has 0 atom stereocenters. The van der Waals surface area contributed by atoms with Gasteiger partial charge in [0.1, 0.15) is 0 Å². The van der Waals surface area contributed by atoms with Crippen LogP contribution in [0.4, 0.5) is 0 Å². The maximum Gasteiger partial charge on any atom is 0.246 e. The van der Waals surface area contributed by atoms with Gasteiger partial charge in [-0.3, -0.25) is 14.5 Å². The number of methoxy groups -OCH3 is 1. The molecule has 2 heterocycles. The number of rotatable bonds is 8. The summed E-state index contributed by atoms with van der Waals surface area (Å²) in [6.07, 6.45) is 3.48. The second kappa shape index (κ2) is 11.3. The summed E-state index contributed by atoms with van der Waals surface area (Å²) < 4.78 is 4.92. The number of carbonyl (C=O) groups is 2. The molecular formula is C22H26ClN3O3S. The Morgan fingerprint density at radius 1 is 1.20 bits per heavy atom. The largest absolute Gasteiger partial charge is 0.383 e. The lowest BCUT2D eigenvalue weighted by Gasteiger charge is -2.33. The zero-order chi connectivity index (χ0) is 21.3. The molecule has 0 spiro atoms. The number of thiophene rings is 1. The first-order chi connectivity index (χ1) is 14.5. The van der Waals surface area contributed by atoms with E-state index in [9.17, 15) is 9.59 Å². The molecule has 1 saturated heterocycles. The highest BCUT2D eigenvalue weighted by Crippen LogP contribution is 2.30. The fourth-order valence-electron chi connectivity index (χ4n) is 3.18. The van der Waals surface area contributed by atoms with Crippen molar-refractivity contribution in [2.45, 2.75) is 0 Å². The van der Waals surface area contributed by atoms with Crippen LogP contribution in [0, 0.1) is 0 Å². The second-order valence-corrected chi connectivity index (χ2v) is 8.54. The molecule has 3 rings (SSSR count). The molecule has 1 aromatic carbocycles. The van der Waals surface area contributed by atoms with Crippen LogP contribution in [-0.2, 0) is 14.3 Å². The molecule has 1 N–H and O–H groups in total. The number of hydrogen-bond acceptors (Lipinski definition) is 5. The quantitative estimate of drug-likeness (QED) is 0.499. The van der Waals surface area contributed by atoms with E-state index in [1.165, 1.54) is 0 Å². The van der Waals surface area contributed by atoms with Gasteiger partial charge in [-0.1, -0.05) is 23.7 Å². The molecule has 0 radical (unpaired) electrons. The van der Waals surface area contributed by atoms with E-state index in [4.69, 9.17) is 16.3 Å². The highest BCUT2D eigenvalue weighted by atomic mass is 35.5. The van der Waals surface area contributed by atoms with Gasteiger partial charge in [0, 0.05) is 60.7 Å². The average Bonchev–Trinajstić information content (AvgIpc) is 3.22. The summed E-state index contributed by atoms with van der Waals surface area (Å²) in [5.41, 5.74) is 1.07. The minimum Gasteiger partial charge on any atom is -0.383 e. The average molecular weight is 448 g/mol. The van der Waals surface area contributed by atoms with Gasteiger partial charge in [0.25, 0.3) is 0 Å². The Morgan fingerprint density at radius 3 is 2.73 bits per heavy atom. The summed E-state index contributed by atoms with van der Waals surface area (Å²) in [4.78, 5) is 30.4. The number of hydrogen-bond donors (Lipinski definition) is 1. The number of carbonyl (C=O) groups excluding carboxylic acids is 2. The SMILES string of the molecule is COCCNC(=O)CN1CCN(C(=O)C=Cc2ccc(-c3cccc(Cl)c3)s2)CC1. The smallest absolute Gasteiger partial charge is 0.246 e. The number of nitrogens with one attached hydrogen (secondary N) is 1. The topological polar surface area (TPSA) is 61.9 Å². The Hall–Kier alpha value is -2.19. The number of benzene rings is 1. The van der Waals surface area contributed by atoms with Crippen LogP contribution in [0.5, 0.6) is 0 Å². The summed E-state index contributed by atoms with van der Waals surface area (Å²) in [6.45, 7) is 3.98. The van der Waals surface area contributed by atoms with Crippen molar-refractivity contribution < 1.29 is 14.3 Å². The van der Waals surface area contributed by atoms with Crippen molar-refractivity contribution in [2.24, 2.45) is 0 Å². The molecule has 0 saturated carbocycles. The van der Waals surface area contributed by atoms with Gasteiger partial charge in [-0.15, -0.1) is 11.3 Å². The standard InChI is InChI=1S/C22H26ClN3O3S/c1-29-14-9-24-21(27)16-25-10-12-26(13-11-25)22(28)8-6-19-5-7-20(30-19)17-3-2-4-18(23)15-17/h2-8,15H,9-14,16H2,1H3,(H,24,27). The lowest BCUT2D eigenvalue weighted by Crippen LogP contribution is -2.51. The summed E-state index contributed by atoms with van der Waals surface area (Å²) in [6, 6.07) is 11.8. The zero-order valence-electron chi connectivity index (χ0n) is 17.0. The van der Waals surface area contributed by atoms with Crippen molar-refractivity contribution in [1.29, 1.82) is 0 Å². The van der Waals surface area contributed by atoms with Gasteiger partial charge in [-0.05, 0) is 35.9 Å². The van der Waals surface area contributed by atoms with Crippen molar-refractivity contribution in [3.05, 3.63) is 52.4 Å². The van der Waals surface area contributed by atoms with Crippen LogP contribution in [0.25, 0.3) is 16.5 Å². The minimum atomic E-state index is -0.0140. The Labute approximate surface area is 186 Å². The fourth-order valence-corrected chi connectivity index (χ4v) is 4.27. The lowest BCUT2D eigenvalue weighted by atomic mass is 10.2. The molecule has 0 aliphatic carbocycles. The normalized spacial score (nSPS) is 14.9. The van der Waals surface area contributed by atoms with E-state index in [2.05, 4.69) is 10.2 Å². The molecule has 160 valence electrons. The van der Waals surface area contributed by atoms with Crippen molar-refractivity contribution in [1.82, 2.24) is 15.1 Å². The maximum atomic E-state index is 12.5. The Morgan fingerprint density at radius 2 is 2.00 bits per heavy atom. The number of nitrogens with zero attached hydrogens (tertiary/aromatic N) is 2. The van der Waals surface area contributed by atoms with E-state index in [-0.39, 0.29) is 11.8 Å². The van der Waals surface area contributed by atoms with E-state index in [0.29, 0.717) is 50.9 Å². The van der Waals surface area contributed by atoms with Crippen molar-refractivity contribution in [3.8, 4) is 10.4 Å². The van der Waals surface area contributed by atoms with Crippen LogP contribution >= 0.6 is 22.9 Å². The first-order valence-corrected chi connectivity index (χ1v) is 11.1. The molecule has 2 amide bonds. The highest BCUT2D eigenvalue weighted by molar-refractivity contribution is 7.16. The predicted molar refractivity (Wildman–Crippen MR) is 122 cm³/mol. The van der Waals surface area contributed by atoms with Gasteiger partial charge >= 0.3 is 0 Å². The van der Waals surface area contributed by atoms with Crippen molar-refractivity contribution in [2.75, 3.05) is 53.0 Å². The van der Waals surface area contributed by atoms with Gasteiger partial charge in [-0.2, -0.15) is 0 Å². The van der Waals surface area contributed by atoms with Crippen molar-refractivity contribution in [3.63, 3.8) is 0 Å². The molecule has 0 bridgehead atoms. The van der Waals surface area contributed by atoms with Crippen LogP contribution < -0.4 is 5.32 Å². The van der Waals surface area contributed by atoms with Gasteiger partial charge in [0.15, 0.2) is 0 Å². The Kier molecular flexibility index (Phi) is 8.45. The summed E-state index contributed by atoms with van der Waals surface area (Å²) >= 11 is 7.69. The molecule has 6 nitrogen and oxygen atoms in total. The zero-order valence-corrected chi connectivity index (χ0v) is 18.5. The minimum absolute atomic E-state index is 0.00287. The molecule has 2 aromatic rings. The molecular weight excluding hydrogens is 422 g/mol. The molecule has 1 aliphatic rings. The van der Waals surface area contributed by atoms with Gasteiger partial charge in [0.2, 0.25) is 11.8 Å². The van der Waals surface area contributed by atoms with E-state index >= 15 is 0 Å². The third-order valence-electron chi connectivity index (χ3n) is 4.81. The van der Waals surface area contributed by atoms with E-state index < -0.39 is 0 Å². The van der Waals surface area contributed by atoms with Gasteiger partial charge in [-0.25, -0.2) is 0 Å². The summed E-state index contributed by atoms with van der Waals surface area (Å²) in [5.74, 6) is -0.0168. The van der Waals surface area contributed by atoms with E-state index in [1.807, 2.05) is 47.4 Å². The maximum absolute atomic E-state index is 12.5. The van der Waals surface area contributed by atoms with Crippen LogP contribution in [0.3, 0.4) is 0 Å². The number of ether oxygens (including phenoxy) is 1. The van der Waals surface area contributed by atoms with Gasteiger partial charge < -0.3 is 15.0 Å². The molecule has 8 heteroatoms. The third kappa shape index (κ3) is 6.67. The van der Waals surface area contributed by atoms with Crippen LogP contribution in [-0.4, -0.2) is 74.6 Å². The predicted octanol–water partition coefficient (Wildman–Crippen LogP) is 2.99. The fraction of sp³-hybridized carbons (Fsp3) is 0.364.